The molecular formula is C24H16Cl4Na4O8Si4. The molecule has 0 aliphatic carbocycles. The molecule has 44 heavy (non-hydrogen) atoms. The van der Waals surface area contributed by atoms with Crippen molar-refractivity contribution in [3.8, 4) is 0 Å². The Labute approximate surface area is 367 Å². The third-order valence-corrected chi connectivity index (χ3v) is 19.6. The Hall–Kier alpha value is 2.59. The van der Waals surface area contributed by atoms with Crippen LogP contribution in [0.2, 0.25) is 20.1 Å². The summed E-state index contributed by atoms with van der Waals surface area (Å²) in [6.45, 7) is 0. The fraction of sp³-hybridized carbons (Fsp3) is 0. The molecule has 0 aromatic heterocycles. The third kappa shape index (κ3) is 10.3. The second-order valence-electron chi connectivity index (χ2n) is 8.66. The van der Waals surface area contributed by atoms with Crippen LogP contribution in [-0.4, -0.2) is 35.2 Å². The van der Waals surface area contributed by atoms with Crippen LogP contribution in [0.5, 0.6) is 0 Å². The number of hydrogen-bond acceptors (Lipinski definition) is 8. The maximum Gasteiger partial charge on any atom is 1.00 e. The van der Waals surface area contributed by atoms with Crippen molar-refractivity contribution in [3.63, 3.8) is 0 Å². The summed E-state index contributed by atoms with van der Waals surface area (Å²) in [5.74, 6) is 0. The van der Waals surface area contributed by atoms with Gasteiger partial charge in [0.05, 0.1) is 0 Å². The number of benzene rings is 4. The van der Waals surface area contributed by atoms with Crippen molar-refractivity contribution in [2.45, 2.75) is 0 Å². The minimum Gasteiger partial charge on any atom is -0.814 e. The second kappa shape index (κ2) is 18.2. The van der Waals surface area contributed by atoms with Crippen molar-refractivity contribution in [1.29, 1.82) is 0 Å². The molecule has 0 unspecified atom stereocenters. The molecular weight excluding hydrogens is 762 g/mol. The second-order valence-corrected chi connectivity index (χ2v) is 20.4. The van der Waals surface area contributed by atoms with Gasteiger partial charge in [-0.05, 0) is 69.3 Å². The Morgan fingerprint density at radius 3 is 0.591 bits per heavy atom. The van der Waals surface area contributed by atoms with Crippen LogP contribution in [0.25, 0.3) is 0 Å². The summed E-state index contributed by atoms with van der Waals surface area (Å²) in [6.07, 6.45) is 0. The van der Waals surface area contributed by atoms with Gasteiger partial charge in [-0.15, -0.1) is 0 Å². The Kier molecular flexibility index (Phi) is 18.4. The van der Waals surface area contributed by atoms with Gasteiger partial charge >= 0.3 is 118 Å². The monoisotopic (exact) mass is 776 g/mol. The third-order valence-electron chi connectivity index (χ3n) is 5.87. The van der Waals surface area contributed by atoms with Gasteiger partial charge in [0.1, 0.15) is 0 Å². The van der Waals surface area contributed by atoms with E-state index < -0.39 is 35.2 Å². The van der Waals surface area contributed by atoms with Gasteiger partial charge in [-0.1, -0.05) is 94.9 Å². The van der Waals surface area contributed by atoms with Gasteiger partial charge in [0.15, 0.2) is 0 Å². The van der Waals surface area contributed by atoms with E-state index in [1.54, 1.807) is 0 Å². The molecule has 0 atom stereocenters. The first-order valence-corrected chi connectivity index (χ1v) is 19.9. The van der Waals surface area contributed by atoms with Crippen LogP contribution in [0, 0.1) is 0 Å². The van der Waals surface area contributed by atoms with Crippen molar-refractivity contribution in [2.24, 2.45) is 0 Å². The van der Waals surface area contributed by atoms with Crippen molar-refractivity contribution < 1.29 is 154 Å². The van der Waals surface area contributed by atoms with E-state index in [-0.39, 0.29) is 139 Å². The maximum atomic E-state index is 14.5. The normalized spacial score (nSPS) is 26.4. The molecule has 4 aromatic carbocycles. The predicted octanol–water partition coefficient (Wildman–Crippen LogP) is -12.5. The van der Waals surface area contributed by atoms with Crippen molar-refractivity contribution in [3.05, 3.63) is 117 Å². The molecule has 20 heteroatoms. The molecule has 208 valence electrons. The summed E-state index contributed by atoms with van der Waals surface area (Å²) in [5, 5.41) is 0.663. The maximum absolute atomic E-state index is 14.5. The van der Waals surface area contributed by atoms with Crippen LogP contribution in [0.4, 0.5) is 0 Å². The van der Waals surface area contributed by atoms with Crippen LogP contribution >= 0.6 is 46.4 Å². The zero-order chi connectivity index (χ0) is 28.8. The number of halogens is 4. The molecule has 0 N–H and O–H groups in total. The fourth-order valence-electron chi connectivity index (χ4n) is 3.88. The van der Waals surface area contributed by atoms with E-state index in [0.717, 1.165) is 0 Å². The quantitative estimate of drug-likeness (QED) is 0.187. The van der Waals surface area contributed by atoms with Crippen molar-refractivity contribution >= 4 is 102 Å². The Morgan fingerprint density at radius 1 is 0.318 bits per heavy atom. The summed E-state index contributed by atoms with van der Waals surface area (Å²) in [5.41, 5.74) is 0. The van der Waals surface area contributed by atoms with Crippen LogP contribution in [0.1, 0.15) is 0 Å². The predicted molar refractivity (Wildman–Crippen MR) is 152 cm³/mol. The first-order valence-electron chi connectivity index (χ1n) is 11.5. The summed E-state index contributed by atoms with van der Waals surface area (Å²) >= 11 is 24.0. The first-order chi connectivity index (χ1) is 18.8. The molecule has 0 radical (unpaired) electrons. The van der Waals surface area contributed by atoms with Crippen LogP contribution in [-0.2, 0) is 16.5 Å². The van der Waals surface area contributed by atoms with Gasteiger partial charge in [-0.3, -0.25) is 0 Å². The largest absolute Gasteiger partial charge is 1.00 e. The minimum absolute atomic E-state index is 0. The van der Waals surface area contributed by atoms with Gasteiger partial charge in [0, 0.05) is 20.1 Å². The van der Waals surface area contributed by atoms with Crippen molar-refractivity contribution in [1.82, 2.24) is 0 Å². The Morgan fingerprint density at radius 2 is 0.455 bits per heavy atom. The van der Waals surface area contributed by atoms with E-state index in [1.165, 1.54) is 97.1 Å². The molecule has 1 aliphatic heterocycles. The van der Waals surface area contributed by atoms with E-state index >= 15 is 0 Å². The van der Waals surface area contributed by atoms with E-state index in [9.17, 15) is 19.2 Å². The zero-order valence-electron chi connectivity index (χ0n) is 24.0. The molecule has 0 saturated carbocycles. The molecule has 1 fully saturated rings. The molecule has 4 aromatic rings. The fourth-order valence-corrected chi connectivity index (χ4v) is 18.3. The van der Waals surface area contributed by atoms with Gasteiger partial charge in [-0.25, -0.2) is 0 Å². The van der Waals surface area contributed by atoms with Gasteiger partial charge in [0.25, 0.3) is 35.2 Å². The Balaban J connectivity index is 0.00000242. The van der Waals surface area contributed by atoms with Crippen LogP contribution in [0.3, 0.4) is 0 Å². The van der Waals surface area contributed by atoms with E-state index in [1.807, 2.05) is 0 Å². The summed E-state index contributed by atoms with van der Waals surface area (Å²) in [6, 6.07) is 21.6. The molecule has 0 bridgehead atoms. The van der Waals surface area contributed by atoms with Gasteiger partial charge in [-0.2, -0.15) is 0 Å². The van der Waals surface area contributed by atoms with E-state index in [4.69, 9.17) is 62.9 Å². The van der Waals surface area contributed by atoms with Crippen molar-refractivity contribution in [2.75, 3.05) is 0 Å². The molecule has 5 rings (SSSR count). The average molecular weight is 779 g/mol. The smallest absolute Gasteiger partial charge is 0.814 e. The minimum atomic E-state index is -5.22. The van der Waals surface area contributed by atoms with Gasteiger partial charge in [0.2, 0.25) is 0 Å². The Bertz CT molecular complexity index is 1280. The summed E-state index contributed by atoms with van der Waals surface area (Å²) in [4.78, 5) is 58.1. The molecule has 1 heterocycles. The molecule has 0 amide bonds. The number of hydrogen-bond donors (Lipinski definition) is 0. The molecule has 0 spiro atoms. The van der Waals surface area contributed by atoms with Crippen LogP contribution in [0.15, 0.2) is 97.1 Å². The zero-order valence-corrected chi connectivity index (χ0v) is 39.0. The summed E-state index contributed by atoms with van der Waals surface area (Å²) in [7, 11) is -20.9. The molecule has 8 nitrogen and oxygen atoms in total. The van der Waals surface area contributed by atoms with E-state index in [0.29, 0.717) is 20.1 Å². The SMILES string of the molecule is [Na+].[Na+].[Na+].[Na+].[O-][Si]1(c2ccc(Cl)cc2)O[Si]([O-])(c2ccc(Cl)cc2)O[Si]([O-])(c2ccc(Cl)cc2)O[Si]([O-])(c2ccc(Cl)cc2)O1. The topological polar surface area (TPSA) is 129 Å². The molecule has 1 aliphatic rings. The summed E-state index contributed by atoms with van der Waals surface area (Å²) < 4.78 is 23.1. The first kappa shape index (κ1) is 44.6. The van der Waals surface area contributed by atoms with E-state index in [2.05, 4.69) is 0 Å². The standard InChI is InChI=1S/C24H16Cl4O8Si4.4Na/c25-17-1-9-21(10-2-17)37(29)33-38(30,22-11-3-18(26)4-12-22)35-40(32,24-15-7-20(28)8-16-24)36-39(31,34-37)23-13-5-19(27)6-14-23;;;;/h1-16H;;;;/q-4;4*+1. The molecule has 1 saturated heterocycles. The number of rotatable bonds is 4. The average Bonchev–Trinajstić information content (AvgIpc) is 2.89. The van der Waals surface area contributed by atoms with Gasteiger partial charge < -0.3 is 35.6 Å². The van der Waals surface area contributed by atoms with Crippen LogP contribution < -0.4 is 158 Å².